The van der Waals surface area contributed by atoms with E-state index in [1.807, 2.05) is 0 Å². The molecule has 3 unspecified atom stereocenters. The van der Waals surface area contributed by atoms with Crippen LogP contribution in [0.5, 0.6) is 0 Å². The molecule has 2 N–H and O–H groups in total. The van der Waals surface area contributed by atoms with Crippen LogP contribution in [0.25, 0.3) is 0 Å². The van der Waals surface area contributed by atoms with Gasteiger partial charge in [0.05, 0.1) is 0 Å². The summed E-state index contributed by atoms with van der Waals surface area (Å²) in [6.07, 6.45) is 5.43. The molecule has 2 rings (SSSR count). The van der Waals surface area contributed by atoms with E-state index < -0.39 is 0 Å². The highest BCUT2D eigenvalue weighted by Crippen LogP contribution is 2.28. The Kier molecular flexibility index (Phi) is 5.45. The Labute approximate surface area is 130 Å². The predicted molar refractivity (Wildman–Crippen MR) is 91.6 cm³/mol. The Morgan fingerprint density at radius 3 is 2.38 bits per heavy atom. The fourth-order valence-corrected chi connectivity index (χ4v) is 4.13. The van der Waals surface area contributed by atoms with Crippen LogP contribution < -0.4 is 5.73 Å². The van der Waals surface area contributed by atoms with Gasteiger partial charge in [-0.3, -0.25) is 0 Å². The minimum Gasteiger partial charge on any atom is -0.323 e. The van der Waals surface area contributed by atoms with E-state index in [2.05, 4.69) is 51.8 Å². The molecule has 1 aliphatic rings. The van der Waals surface area contributed by atoms with Gasteiger partial charge < -0.3 is 10.6 Å². The van der Waals surface area contributed by atoms with Gasteiger partial charge in [-0.25, -0.2) is 0 Å². The molecule has 1 aromatic carbocycles. The first-order valence-corrected chi connectivity index (χ1v) is 8.42. The van der Waals surface area contributed by atoms with Gasteiger partial charge in [-0.2, -0.15) is 0 Å². The van der Waals surface area contributed by atoms with E-state index in [-0.39, 0.29) is 6.04 Å². The number of hydrogen-bond acceptors (Lipinski definition) is 2. The molecular formula is C19H32N2. The second-order valence-electron chi connectivity index (χ2n) is 7.28. The number of rotatable bonds is 4. The third kappa shape index (κ3) is 4.08. The molecule has 0 heterocycles. The van der Waals surface area contributed by atoms with Crippen LogP contribution >= 0.6 is 0 Å². The molecule has 0 aliphatic heterocycles. The summed E-state index contributed by atoms with van der Waals surface area (Å²) in [6, 6.07) is 5.34. The summed E-state index contributed by atoms with van der Waals surface area (Å²) in [5, 5.41) is 0. The summed E-state index contributed by atoms with van der Waals surface area (Å²) in [6.45, 7) is 9.89. The molecule has 21 heavy (non-hydrogen) atoms. The van der Waals surface area contributed by atoms with Gasteiger partial charge in [0.2, 0.25) is 0 Å². The molecule has 1 fully saturated rings. The maximum Gasteiger partial charge on any atom is 0.0429 e. The molecule has 1 aromatic rings. The van der Waals surface area contributed by atoms with E-state index in [0.717, 1.165) is 12.5 Å². The lowest BCUT2D eigenvalue weighted by molar-refractivity contribution is 0.156. The number of hydrogen-bond donors (Lipinski definition) is 1. The highest BCUT2D eigenvalue weighted by Gasteiger charge is 2.24. The molecule has 0 bridgehead atoms. The highest BCUT2D eigenvalue weighted by molar-refractivity contribution is 5.39. The van der Waals surface area contributed by atoms with Crippen molar-refractivity contribution >= 4 is 0 Å². The molecule has 0 aromatic heterocycles. The first kappa shape index (κ1) is 16.5. The van der Waals surface area contributed by atoms with Crippen LogP contribution in [0, 0.1) is 26.7 Å². The molecule has 3 atom stereocenters. The standard InChI is InChI=1S/C19H32N2/c1-13-7-6-8-17(11-13)21(5)12-18(20)19-15(3)9-14(2)10-16(19)4/h9-10,13,17-18H,6-8,11-12,20H2,1-5H3. The van der Waals surface area contributed by atoms with Gasteiger partial charge in [0, 0.05) is 18.6 Å². The molecule has 0 amide bonds. The Hall–Kier alpha value is -0.860. The number of benzene rings is 1. The zero-order chi connectivity index (χ0) is 15.6. The van der Waals surface area contributed by atoms with Gasteiger partial charge in [0.15, 0.2) is 0 Å². The van der Waals surface area contributed by atoms with Crippen LogP contribution in [0.4, 0.5) is 0 Å². The predicted octanol–water partition coefficient (Wildman–Crippen LogP) is 4.12. The summed E-state index contributed by atoms with van der Waals surface area (Å²) in [5.74, 6) is 0.866. The lowest BCUT2D eigenvalue weighted by Gasteiger charge is -2.36. The van der Waals surface area contributed by atoms with Gasteiger partial charge in [-0.05, 0) is 63.3 Å². The minimum absolute atomic E-state index is 0.118. The molecule has 2 nitrogen and oxygen atoms in total. The first-order chi connectivity index (χ1) is 9.88. The lowest BCUT2D eigenvalue weighted by Crippen LogP contribution is -2.40. The third-order valence-electron chi connectivity index (χ3n) is 5.13. The number of nitrogens with two attached hydrogens (primary N) is 1. The second kappa shape index (κ2) is 6.93. The van der Waals surface area contributed by atoms with E-state index >= 15 is 0 Å². The van der Waals surface area contributed by atoms with E-state index in [1.165, 1.54) is 47.9 Å². The average Bonchev–Trinajstić information content (AvgIpc) is 2.37. The van der Waals surface area contributed by atoms with Crippen molar-refractivity contribution in [1.29, 1.82) is 0 Å². The monoisotopic (exact) mass is 288 g/mol. The van der Waals surface area contributed by atoms with Crippen molar-refractivity contribution in [3.63, 3.8) is 0 Å². The zero-order valence-corrected chi connectivity index (χ0v) is 14.4. The Morgan fingerprint density at radius 1 is 1.19 bits per heavy atom. The fraction of sp³-hybridized carbons (Fsp3) is 0.684. The van der Waals surface area contributed by atoms with Crippen LogP contribution in [-0.4, -0.2) is 24.5 Å². The zero-order valence-electron chi connectivity index (χ0n) is 14.4. The molecule has 0 saturated heterocycles. The summed E-state index contributed by atoms with van der Waals surface area (Å²) in [4.78, 5) is 2.50. The highest BCUT2D eigenvalue weighted by atomic mass is 15.1. The van der Waals surface area contributed by atoms with E-state index in [4.69, 9.17) is 5.73 Å². The number of nitrogens with zero attached hydrogens (tertiary/aromatic N) is 1. The van der Waals surface area contributed by atoms with E-state index in [1.54, 1.807) is 0 Å². The lowest BCUT2D eigenvalue weighted by atomic mass is 9.86. The summed E-state index contributed by atoms with van der Waals surface area (Å²) in [5.41, 5.74) is 11.9. The van der Waals surface area contributed by atoms with Crippen LogP contribution in [0.15, 0.2) is 12.1 Å². The fourth-order valence-electron chi connectivity index (χ4n) is 4.13. The SMILES string of the molecule is Cc1cc(C)c(C(N)CN(C)C2CCCC(C)C2)c(C)c1. The Balaban J connectivity index is 2.05. The van der Waals surface area contributed by atoms with Crippen molar-refractivity contribution in [2.75, 3.05) is 13.6 Å². The van der Waals surface area contributed by atoms with Gasteiger partial charge >= 0.3 is 0 Å². The largest absolute Gasteiger partial charge is 0.323 e. The van der Waals surface area contributed by atoms with Crippen LogP contribution in [0.1, 0.15) is 60.9 Å². The smallest absolute Gasteiger partial charge is 0.0429 e. The van der Waals surface area contributed by atoms with Crippen molar-refractivity contribution in [3.8, 4) is 0 Å². The Morgan fingerprint density at radius 2 is 1.81 bits per heavy atom. The van der Waals surface area contributed by atoms with Crippen molar-refractivity contribution in [2.45, 2.75) is 65.5 Å². The topological polar surface area (TPSA) is 29.3 Å². The molecule has 1 saturated carbocycles. The normalized spacial score (nSPS) is 24.3. The van der Waals surface area contributed by atoms with Crippen molar-refractivity contribution in [2.24, 2.45) is 11.7 Å². The third-order valence-corrected chi connectivity index (χ3v) is 5.13. The van der Waals surface area contributed by atoms with E-state index in [9.17, 15) is 0 Å². The molecule has 0 spiro atoms. The first-order valence-electron chi connectivity index (χ1n) is 8.42. The minimum atomic E-state index is 0.118. The van der Waals surface area contributed by atoms with Crippen molar-refractivity contribution < 1.29 is 0 Å². The summed E-state index contributed by atoms with van der Waals surface area (Å²) < 4.78 is 0. The van der Waals surface area contributed by atoms with Crippen LogP contribution in [0.3, 0.4) is 0 Å². The Bertz CT molecular complexity index is 457. The summed E-state index contributed by atoms with van der Waals surface area (Å²) >= 11 is 0. The quantitative estimate of drug-likeness (QED) is 0.903. The molecule has 118 valence electrons. The molecule has 2 heteroatoms. The summed E-state index contributed by atoms with van der Waals surface area (Å²) in [7, 11) is 2.25. The van der Waals surface area contributed by atoms with Crippen molar-refractivity contribution in [3.05, 3.63) is 34.4 Å². The van der Waals surface area contributed by atoms with E-state index in [0.29, 0.717) is 6.04 Å². The average molecular weight is 288 g/mol. The van der Waals surface area contributed by atoms with Gasteiger partial charge in [-0.1, -0.05) is 37.5 Å². The molecule has 1 aliphatic carbocycles. The van der Waals surface area contributed by atoms with Crippen LogP contribution in [0.2, 0.25) is 0 Å². The molecule has 0 radical (unpaired) electrons. The second-order valence-corrected chi connectivity index (χ2v) is 7.28. The number of likely N-dealkylation sites (N-methyl/N-ethyl adjacent to an activating group) is 1. The maximum atomic E-state index is 6.55. The van der Waals surface area contributed by atoms with Gasteiger partial charge in [0.1, 0.15) is 0 Å². The van der Waals surface area contributed by atoms with Gasteiger partial charge in [0.25, 0.3) is 0 Å². The van der Waals surface area contributed by atoms with Gasteiger partial charge in [-0.15, -0.1) is 0 Å². The molecular weight excluding hydrogens is 256 g/mol. The number of aryl methyl sites for hydroxylation is 3. The maximum absolute atomic E-state index is 6.55. The van der Waals surface area contributed by atoms with Crippen LogP contribution in [-0.2, 0) is 0 Å². The van der Waals surface area contributed by atoms with Crippen molar-refractivity contribution in [1.82, 2.24) is 4.90 Å².